The smallest absolute Gasteiger partial charge is 0.293 e. The molecule has 2 aromatic carbocycles. The molecule has 0 bridgehead atoms. The van der Waals surface area contributed by atoms with E-state index in [9.17, 15) is 4.79 Å². The first-order valence-electron chi connectivity index (χ1n) is 8.74. The highest BCUT2D eigenvalue weighted by atomic mass is 16.5. The summed E-state index contributed by atoms with van der Waals surface area (Å²) in [6.07, 6.45) is 2.35. The first-order chi connectivity index (χ1) is 12.8. The summed E-state index contributed by atoms with van der Waals surface area (Å²) >= 11 is 0. The lowest BCUT2D eigenvalue weighted by Crippen LogP contribution is -2.34. The quantitative estimate of drug-likeness (QED) is 0.730. The molecule has 0 N–H and O–H groups in total. The zero-order chi connectivity index (χ0) is 17.8. The molecule has 0 saturated carbocycles. The molecule has 1 fully saturated rings. The highest BCUT2D eigenvalue weighted by Gasteiger charge is 2.25. The van der Waals surface area contributed by atoms with Crippen LogP contribution in [0.25, 0.3) is 5.69 Å². The topological polar surface area (TPSA) is 60.2 Å². The predicted octanol–water partition coefficient (Wildman–Crippen LogP) is 2.87. The van der Waals surface area contributed by atoms with Gasteiger partial charge in [0.25, 0.3) is 5.91 Å². The van der Waals surface area contributed by atoms with Crippen LogP contribution in [0, 0.1) is 0 Å². The minimum Gasteiger partial charge on any atom is -0.372 e. The highest BCUT2D eigenvalue weighted by Crippen LogP contribution is 2.24. The molecule has 132 valence electrons. The molecule has 1 aliphatic heterocycles. The second-order valence-electron chi connectivity index (χ2n) is 6.20. The van der Waals surface area contributed by atoms with Gasteiger partial charge in [-0.15, -0.1) is 5.10 Å². The number of benzene rings is 2. The van der Waals surface area contributed by atoms with Crippen LogP contribution >= 0.6 is 0 Å². The van der Waals surface area contributed by atoms with E-state index in [-0.39, 0.29) is 17.8 Å². The van der Waals surface area contributed by atoms with E-state index >= 15 is 0 Å². The Kier molecular flexibility index (Phi) is 4.75. The van der Waals surface area contributed by atoms with Crippen molar-refractivity contribution in [1.82, 2.24) is 19.7 Å². The molecule has 1 unspecified atom stereocenters. The molecule has 0 radical (unpaired) electrons. The molecule has 1 aliphatic rings. The molecule has 4 rings (SSSR count). The molecule has 1 atom stereocenters. The van der Waals surface area contributed by atoms with Crippen molar-refractivity contribution < 1.29 is 9.53 Å². The third-order valence-electron chi connectivity index (χ3n) is 4.50. The van der Waals surface area contributed by atoms with Gasteiger partial charge in [-0.25, -0.2) is 9.67 Å². The number of hydrogen-bond donors (Lipinski definition) is 0. The maximum atomic E-state index is 12.8. The molecule has 26 heavy (non-hydrogen) atoms. The van der Waals surface area contributed by atoms with E-state index in [4.69, 9.17) is 4.74 Å². The van der Waals surface area contributed by atoms with E-state index in [2.05, 4.69) is 22.2 Å². The lowest BCUT2D eigenvalue weighted by atomic mass is 10.1. The van der Waals surface area contributed by atoms with Crippen LogP contribution in [0.15, 0.2) is 67.0 Å². The van der Waals surface area contributed by atoms with Crippen molar-refractivity contribution >= 4 is 5.91 Å². The van der Waals surface area contributed by atoms with Crippen molar-refractivity contribution in [1.29, 1.82) is 0 Å². The van der Waals surface area contributed by atoms with Gasteiger partial charge in [-0.1, -0.05) is 48.5 Å². The average molecular weight is 348 g/mol. The Morgan fingerprint density at radius 2 is 1.73 bits per heavy atom. The van der Waals surface area contributed by atoms with Crippen molar-refractivity contribution in [2.75, 3.05) is 19.7 Å². The molecule has 2 heterocycles. The van der Waals surface area contributed by atoms with Gasteiger partial charge in [-0.3, -0.25) is 4.79 Å². The van der Waals surface area contributed by atoms with Crippen molar-refractivity contribution in [2.45, 2.75) is 12.5 Å². The predicted molar refractivity (Wildman–Crippen MR) is 97.0 cm³/mol. The summed E-state index contributed by atoms with van der Waals surface area (Å²) in [7, 11) is 0. The molecule has 1 aromatic heterocycles. The summed E-state index contributed by atoms with van der Waals surface area (Å²) in [4.78, 5) is 18.7. The summed E-state index contributed by atoms with van der Waals surface area (Å²) in [5.74, 6) is 0.0593. The maximum absolute atomic E-state index is 12.8. The number of ether oxygens (including phenoxy) is 1. The SMILES string of the molecule is O=C(c1ncn(-c2ccccc2)n1)N1CCOC(c2ccccc2)CC1. The number of carbonyl (C=O) groups is 1. The fraction of sp³-hybridized carbons (Fsp3) is 0.250. The van der Waals surface area contributed by atoms with Crippen LogP contribution in [-0.2, 0) is 4.74 Å². The van der Waals surface area contributed by atoms with E-state index in [1.807, 2.05) is 48.5 Å². The number of carbonyl (C=O) groups excluding carboxylic acids is 1. The normalized spacial score (nSPS) is 17.7. The zero-order valence-corrected chi connectivity index (χ0v) is 14.4. The summed E-state index contributed by atoms with van der Waals surface area (Å²) in [5.41, 5.74) is 2.02. The maximum Gasteiger partial charge on any atom is 0.293 e. The fourth-order valence-electron chi connectivity index (χ4n) is 3.11. The number of hydrogen-bond acceptors (Lipinski definition) is 4. The second-order valence-corrected chi connectivity index (χ2v) is 6.20. The fourth-order valence-corrected chi connectivity index (χ4v) is 3.11. The van der Waals surface area contributed by atoms with E-state index < -0.39 is 0 Å². The van der Waals surface area contributed by atoms with Crippen LogP contribution in [0.1, 0.15) is 28.7 Å². The molecule has 0 aliphatic carbocycles. The summed E-state index contributed by atoms with van der Waals surface area (Å²) in [6, 6.07) is 19.8. The Morgan fingerprint density at radius 1 is 1.00 bits per heavy atom. The van der Waals surface area contributed by atoms with Gasteiger partial charge in [-0.2, -0.15) is 0 Å². The molecule has 0 spiro atoms. The largest absolute Gasteiger partial charge is 0.372 e. The summed E-state index contributed by atoms with van der Waals surface area (Å²) in [5, 5.41) is 4.34. The average Bonchev–Trinajstić information content (AvgIpc) is 3.07. The van der Waals surface area contributed by atoms with Crippen LogP contribution in [0.3, 0.4) is 0 Å². The van der Waals surface area contributed by atoms with Gasteiger partial charge in [0.2, 0.25) is 5.82 Å². The van der Waals surface area contributed by atoms with E-state index in [0.717, 1.165) is 17.7 Å². The van der Waals surface area contributed by atoms with Gasteiger partial charge >= 0.3 is 0 Å². The molecule has 6 heteroatoms. The van der Waals surface area contributed by atoms with Crippen LogP contribution in [0.4, 0.5) is 0 Å². The minimum absolute atomic E-state index is 0.0174. The number of amides is 1. The zero-order valence-electron chi connectivity index (χ0n) is 14.4. The number of nitrogens with zero attached hydrogens (tertiary/aromatic N) is 4. The number of rotatable bonds is 3. The Hall–Kier alpha value is -2.99. The standard InChI is InChI=1S/C20H20N4O2/c25-20(19-21-15-24(22-19)17-9-5-2-6-10-17)23-12-11-18(26-14-13-23)16-7-3-1-4-8-16/h1-10,15,18H,11-14H2. The van der Waals surface area contributed by atoms with Gasteiger partial charge in [0, 0.05) is 13.1 Å². The highest BCUT2D eigenvalue weighted by molar-refractivity contribution is 5.90. The Balaban J connectivity index is 1.45. The van der Waals surface area contributed by atoms with Crippen molar-refractivity contribution in [3.63, 3.8) is 0 Å². The van der Waals surface area contributed by atoms with Gasteiger partial charge in [-0.05, 0) is 24.1 Å². The van der Waals surface area contributed by atoms with Crippen molar-refractivity contribution in [3.05, 3.63) is 78.4 Å². The van der Waals surface area contributed by atoms with Gasteiger partial charge in [0.1, 0.15) is 6.33 Å². The van der Waals surface area contributed by atoms with Crippen LogP contribution < -0.4 is 0 Å². The van der Waals surface area contributed by atoms with Gasteiger partial charge in [0.15, 0.2) is 0 Å². The summed E-state index contributed by atoms with van der Waals surface area (Å²) < 4.78 is 7.56. The van der Waals surface area contributed by atoms with E-state index in [1.54, 1.807) is 15.9 Å². The lowest BCUT2D eigenvalue weighted by Gasteiger charge is -2.18. The van der Waals surface area contributed by atoms with Crippen LogP contribution in [0.2, 0.25) is 0 Å². The summed E-state index contributed by atoms with van der Waals surface area (Å²) in [6.45, 7) is 1.67. The van der Waals surface area contributed by atoms with Crippen LogP contribution in [-0.4, -0.2) is 45.3 Å². The molecule has 1 amide bonds. The number of para-hydroxylation sites is 1. The Labute approximate surface area is 152 Å². The van der Waals surface area contributed by atoms with Crippen molar-refractivity contribution in [3.8, 4) is 5.69 Å². The molecule has 3 aromatic rings. The molecule has 6 nitrogen and oxygen atoms in total. The second kappa shape index (κ2) is 7.49. The third kappa shape index (κ3) is 3.50. The van der Waals surface area contributed by atoms with E-state index in [1.165, 1.54) is 0 Å². The number of aromatic nitrogens is 3. The third-order valence-corrected chi connectivity index (χ3v) is 4.50. The first-order valence-corrected chi connectivity index (χ1v) is 8.74. The van der Waals surface area contributed by atoms with Gasteiger partial charge < -0.3 is 9.64 Å². The van der Waals surface area contributed by atoms with Crippen LogP contribution in [0.5, 0.6) is 0 Å². The minimum atomic E-state index is -0.156. The molecular weight excluding hydrogens is 328 g/mol. The van der Waals surface area contributed by atoms with E-state index in [0.29, 0.717) is 19.7 Å². The Morgan fingerprint density at radius 3 is 2.50 bits per heavy atom. The Bertz CT molecular complexity index is 864. The molecule has 1 saturated heterocycles. The lowest BCUT2D eigenvalue weighted by molar-refractivity contribution is 0.0582. The van der Waals surface area contributed by atoms with Gasteiger partial charge in [0.05, 0.1) is 18.4 Å². The van der Waals surface area contributed by atoms with Crippen molar-refractivity contribution in [2.24, 2.45) is 0 Å². The monoisotopic (exact) mass is 348 g/mol. The first kappa shape index (κ1) is 16.5. The molecular formula is C20H20N4O2.